The molecule has 3 nitrogen and oxygen atoms in total. The smallest absolute Gasteiger partial charge is 0.180 e. The SMILES string of the molecule is CCCNC(CCC)CS(=O)(=O)c1ccc(C)cc1C. The Morgan fingerprint density at radius 1 is 1.15 bits per heavy atom. The number of sulfone groups is 1. The van der Waals surface area contributed by atoms with E-state index < -0.39 is 9.84 Å². The van der Waals surface area contributed by atoms with Crippen molar-refractivity contribution in [2.75, 3.05) is 12.3 Å². The number of benzene rings is 1. The van der Waals surface area contributed by atoms with E-state index in [9.17, 15) is 8.42 Å². The van der Waals surface area contributed by atoms with Gasteiger partial charge in [0, 0.05) is 6.04 Å². The van der Waals surface area contributed by atoms with Gasteiger partial charge in [0.1, 0.15) is 0 Å². The summed E-state index contributed by atoms with van der Waals surface area (Å²) in [5.41, 5.74) is 1.94. The van der Waals surface area contributed by atoms with Gasteiger partial charge in [-0.15, -0.1) is 0 Å². The lowest BCUT2D eigenvalue weighted by molar-refractivity contribution is 0.499. The summed E-state index contributed by atoms with van der Waals surface area (Å²) in [7, 11) is -3.22. The topological polar surface area (TPSA) is 46.2 Å². The lowest BCUT2D eigenvalue weighted by atomic mass is 10.2. The van der Waals surface area contributed by atoms with Gasteiger partial charge in [0.25, 0.3) is 0 Å². The molecule has 0 spiro atoms. The van der Waals surface area contributed by atoms with Gasteiger partial charge in [-0.2, -0.15) is 0 Å². The van der Waals surface area contributed by atoms with E-state index in [0.717, 1.165) is 36.9 Å². The van der Waals surface area contributed by atoms with Crippen molar-refractivity contribution in [3.05, 3.63) is 29.3 Å². The van der Waals surface area contributed by atoms with Crippen LogP contribution in [0, 0.1) is 13.8 Å². The molecule has 1 aromatic carbocycles. The predicted octanol–water partition coefficient (Wildman–Crippen LogP) is 3.25. The van der Waals surface area contributed by atoms with Gasteiger partial charge in [0.2, 0.25) is 0 Å². The molecule has 1 N–H and O–H groups in total. The van der Waals surface area contributed by atoms with E-state index in [1.54, 1.807) is 6.07 Å². The van der Waals surface area contributed by atoms with E-state index in [1.807, 2.05) is 26.0 Å². The first-order valence-corrected chi connectivity index (χ1v) is 9.09. The quantitative estimate of drug-likeness (QED) is 0.801. The molecule has 4 heteroatoms. The fourth-order valence-corrected chi connectivity index (χ4v) is 4.26. The van der Waals surface area contributed by atoms with Crippen LogP contribution >= 0.6 is 0 Å². The van der Waals surface area contributed by atoms with Gasteiger partial charge in [-0.25, -0.2) is 8.42 Å². The van der Waals surface area contributed by atoms with Crippen molar-refractivity contribution < 1.29 is 8.42 Å². The number of nitrogens with one attached hydrogen (secondary N) is 1. The van der Waals surface area contributed by atoms with Gasteiger partial charge in [0.15, 0.2) is 9.84 Å². The van der Waals surface area contributed by atoms with Crippen LogP contribution in [0.1, 0.15) is 44.2 Å². The van der Waals surface area contributed by atoms with Gasteiger partial charge >= 0.3 is 0 Å². The van der Waals surface area contributed by atoms with Gasteiger partial charge < -0.3 is 5.32 Å². The highest BCUT2D eigenvalue weighted by molar-refractivity contribution is 7.91. The van der Waals surface area contributed by atoms with Gasteiger partial charge in [-0.3, -0.25) is 0 Å². The molecule has 1 unspecified atom stereocenters. The first kappa shape index (κ1) is 17.2. The molecule has 0 bridgehead atoms. The average Bonchev–Trinajstić information content (AvgIpc) is 2.35. The van der Waals surface area contributed by atoms with Crippen LogP contribution in [0.15, 0.2) is 23.1 Å². The second-order valence-corrected chi connectivity index (χ2v) is 7.49. The van der Waals surface area contributed by atoms with Crippen LogP contribution in [0.4, 0.5) is 0 Å². The minimum atomic E-state index is -3.22. The van der Waals surface area contributed by atoms with Crippen molar-refractivity contribution in [2.45, 2.75) is 57.9 Å². The number of hydrogen-bond donors (Lipinski definition) is 1. The zero-order valence-corrected chi connectivity index (χ0v) is 13.9. The van der Waals surface area contributed by atoms with Crippen LogP contribution in [0.25, 0.3) is 0 Å². The Hall–Kier alpha value is -0.870. The maximum atomic E-state index is 12.6. The highest BCUT2D eigenvalue weighted by atomic mass is 32.2. The molecule has 1 atom stereocenters. The molecule has 0 saturated carbocycles. The Morgan fingerprint density at radius 3 is 2.40 bits per heavy atom. The largest absolute Gasteiger partial charge is 0.313 e. The van der Waals surface area contributed by atoms with Crippen LogP contribution in [0.5, 0.6) is 0 Å². The summed E-state index contributed by atoms with van der Waals surface area (Å²) < 4.78 is 25.1. The van der Waals surface area contributed by atoms with E-state index in [0.29, 0.717) is 4.90 Å². The molecule has 0 fully saturated rings. The summed E-state index contributed by atoms with van der Waals surface area (Å²) in [6.07, 6.45) is 2.90. The summed E-state index contributed by atoms with van der Waals surface area (Å²) in [5, 5.41) is 3.35. The van der Waals surface area contributed by atoms with Gasteiger partial charge in [0.05, 0.1) is 10.6 Å². The molecule has 0 aliphatic carbocycles. The summed E-state index contributed by atoms with van der Waals surface area (Å²) in [5.74, 6) is 0.185. The van der Waals surface area contributed by atoms with Gasteiger partial charge in [-0.1, -0.05) is 38.0 Å². The molecule has 0 aromatic heterocycles. The molecule has 0 saturated heterocycles. The number of aryl methyl sites for hydroxylation is 2. The van der Waals surface area contributed by atoms with Crippen molar-refractivity contribution in [1.82, 2.24) is 5.32 Å². The Labute approximate surface area is 123 Å². The van der Waals surface area contributed by atoms with Gasteiger partial charge in [-0.05, 0) is 44.9 Å². The van der Waals surface area contributed by atoms with E-state index >= 15 is 0 Å². The molecule has 1 aromatic rings. The van der Waals surface area contributed by atoms with Crippen LogP contribution in [-0.2, 0) is 9.84 Å². The Balaban J connectivity index is 2.91. The first-order valence-electron chi connectivity index (χ1n) is 7.44. The van der Waals surface area contributed by atoms with E-state index in [4.69, 9.17) is 0 Å². The predicted molar refractivity (Wildman–Crippen MR) is 85.0 cm³/mol. The molecule has 20 heavy (non-hydrogen) atoms. The minimum Gasteiger partial charge on any atom is -0.313 e. The van der Waals surface area contributed by atoms with Crippen LogP contribution in [-0.4, -0.2) is 26.8 Å². The lowest BCUT2D eigenvalue weighted by Gasteiger charge is -2.18. The maximum Gasteiger partial charge on any atom is 0.180 e. The average molecular weight is 297 g/mol. The van der Waals surface area contributed by atoms with Crippen LogP contribution in [0.2, 0.25) is 0 Å². The van der Waals surface area contributed by atoms with Crippen LogP contribution < -0.4 is 5.32 Å². The van der Waals surface area contributed by atoms with E-state index in [1.165, 1.54) is 0 Å². The third kappa shape index (κ3) is 4.91. The second kappa shape index (κ2) is 7.79. The third-order valence-electron chi connectivity index (χ3n) is 3.41. The normalized spacial score (nSPS) is 13.4. The third-order valence-corrected chi connectivity index (χ3v) is 5.38. The number of hydrogen-bond acceptors (Lipinski definition) is 3. The monoisotopic (exact) mass is 297 g/mol. The second-order valence-electron chi connectivity index (χ2n) is 5.49. The van der Waals surface area contributed by atoms with Crippen molar-refractivity contribution in [1.29, 1.82) is 0 Å². The van der Waals surface area contributed by atoms with Crippen molar-refractivity contribution in [2.24, 2.45) is 0 Å². The molecule has 0 amide bonds. The number of rotatable bonds is 8. The van der Waals surface area contributed by atoms with Crippen molar-refractivity contribution in [3.63, 3.8) is 0 Å². The standard InChI is InChI=1S/C16H27NO2S/c1-5-7-15(17-10-6-2)12-20(18,19)16-9-8-13(3)11-14(16)4/h8-9,11,15,17H,5-7,10,12H2,1-4H3. The summed E-state index contributed by atoms with van der Waals surface area (Å²) in [4.78, 5) is 0.475. The molecule has 0 heterocycles. The van der Waals surface area contributed by atoms with Crippen molar-refractivity contribution in [3.8, 4) is 0 Å². The molecule has 0 aliphatic heterocycles. The van der Waals surface area contributed by atoms with Crippen LogP contribution in [0.3, 0.4) is 0 Å². The maximum absolute atomic E-state index is 12.6. The van der Waals surface area contributed by atoms with Crippen molar-refractivity contribution >= 4 is 9.84 Å². The zero-order chi connectivity index (χ0) is 15.2. The lowest BCUT2D eigenvalue weighted by Crippen LogP contribution is -2.36. The molecular formula is C16H27NO2S. The zero-order valence-electron chi connectivity index (χ0n) is 13.1. The molecule has 0 radical (unpaired) electrons. The highest BCUT2D eigenvalue weighted by Gasteiger charge is 2.22. The highest BCUT2D eigenvalue weighted by Crippen LogP contribution is 2.19. The molecule has 0 aliphatic rings. The molecule has 114 valence electrons. The Morgan fingerprint density at radius 2 is 1.85 bits per heavy atom. The summed E-state index contributed by atoms with van der Waals surface area (Å²) >= 11 is 0. The molecule has 1 rings (SSSR count). The van der Waals surface area contributed by atoms with E-state index in [-0.39, 0.29) is 11.8 Å². The van der Waals surface area contributed by atoms with E-state index in [2.05, 4.69) is 19.2 Å². The fourth-order valence-electron chi connectivity index (χ4n) is 2.44. The Kier molecular flexibility index (Phi) is 6.69. The summed E-state index contributed by atoms with van der Waals surface area (Å²) in [6.45, 7) is 8.90. The molecular weight excluding hydrogens is 270 g/mol. The first-order chi connectivity index (χ1) is 9.40. The minimum absolute atomic E-state index is 0.0469. The fraction of sp³-hybridized carbons (Fsp3) is 0.625. The summed E-state index contributed by atoms with van der Waals surface area (Å²) in [6, 6.07) is 5.59. The Bertz CT molecular complexity index is 523.